The fourth-order valence-electron chi connectivity index (χ4n) is 2.81. The zero-order valence-corrected chi connectivity index (χ0v) is 11.3. The molecule has 0 atom stereocenters. The summed E-state index contributed by atoms with van der Waals surface area (Å²) in [6.07, 6.45) is 6.04. The van der Waals surface area contributed by atoms with E-state index in [1.807, 2.05) is 34.8 Å². The molecular formula is C14H23N3O. The van der Waals surface area contributed by atoms with Gasteiger partial charge in [0, 0.05) is 31.9 Å². The van der Waals surface area contributed by atoms with Crippen molar-refractivity contribution >= 4 is 5.91 Å². The summed E-state index contributed by atoms with van der Waals surface area (Å²) in [7, 11) is 1.91. The van der Waals surface area contributed by atoms with Crippen LogP contribution in [0, 0.1) is 0 Å². The molecular weight excluding hydrogens is 226 g/mol. The zero-order chi connectivity index (χ0) is 13.1. The number of carbonyl (C=O) groups excluding carboxylic acids is 1. The maximum absolute atomic E-state index is 12.5. The van der Waals surface area contributed by atoms with Crippen LogP contribution in [0.3, 0.4) is 0 Å². The second-order valence-electron chi connectivity index (χ2n) is 5.16. The number of rotatable bonds is 3. The normalized spacial score (nSPS) is 23.9. The van der Waals surface area contributed by atoms with E-state index in [-0.39, 0.29) is 5.91 Å². The Kier molecular flexibility index (Phi) is 4.07. The highest BCUT2D eigenvalue weighted by Gasteiger charge is 2.28. The highest BCUT2D eigenvalue weighted by molar-refractivity contribution is 5.93. The predicted molar refractivity (Wildman–Crippen MR) is 72.4 cm³/mol. The van der Waals surface area contributed by atoms with Gasteiger partial charge in [-0.25, -0.2) is 0 Å². The van der Waals surface area contributed by atoms with E-state index in [1.54, 1.807) is 0 Å². The number of aromatic nitrogens is 1. The lowest BCUT2D eigenvalue weighted by Crippen LogP contribution is -2.44. The van der Waals surface area contributed by atoms with Gasteiger partial charge in [0.15, 0.2) is 0 Å². The number of nitrogens with two attached hydrogens (primary N) is 1. The molecule has 0 radical (unpaired) electrons. The van der Waals surface area contributed by atoms with Crippen LogP contribution in [0.15, 0.2) is 18.3 Å². The van der Waals surface area contributed by atoms with Gasteiger partial charge in [0.05, 0.1) is 0 Å². The molecule has 1 saturated carbocycles. The quantitative estimate of drug-likeness (QED) is 0.887. The van der Waals surface area contributed by atoms with Crippen molar-refractivity contribution < 1.29 is 4.79 Å². The van der Waals surface area contributed by atoms with E-state index in [9.17, 15) is 4.79 Å². The first kappa shape index (κ1) is 13.1. The molecule has 2 rings (SSSR count). The summed E-state index contributed by atoms with van der Waals surface area (Å²) in [5, 5.41) is 0. The first-order valence-corrected chi connectivity index (χ1v) is 6.81. The fraction of sp³-hybridized carbons (Fsp3) is 0.643. The van der Waals surface area contributed by atoms with Crippen LogP contribution in [0.2, 0.25) is 0 Å². The second kappa shape index (κ2) is 5.57. The fourth-order valence-corrected chi connectivity index (χ4v) is 2.81. The van der Waals surface area contributed by atoms with E-state index in [0.717, 1.165) is 37.9 Å². The highest BCUT2D eigenvalue weighted by Crippen LogP contribution is 2.23. The molecule has 0 aromatic carbocycles. The molecule has 4 nitrogen and oxygen atoms in total. The molecule has 0 spiro atoms. The summed E-state index contributed by atoms with van der Waals surface area (Å²) in [5.74, 6) is 0.144. The lowest BCUT2D eigenvalue weighted by Gasteiger charge is -2.35. The van der Waals surface area contributed by atoms with Gasteiger partial charge in [0.2, 0.25) is 0 Å². The minimum atomic E-state index is 0.144. The Morgan fingerprint density at radius 2 is 2.11 bits per heavy atom. The SMILES string of the molecule is CCN(C(=O)c1cccn1C)C1CCC(N)CC1. The van der Waals surface area contributed by atoms with Gasteiger partial charge in [0.1, 0.15) is 5.69 Å². The van der Waals surface area contributed by atoms with Crippen LogP contribution in [0.1, 0.15) is 43.1 Å². The molecule has 0 saturated heterocycles. The standard InChI is InChI=1S/C14H23N3O/c1-3-17(12-8-6-11(15)7-9-12)14(18)13-5-4-10-16(13)2/h4-5,10-12H,3,6-9,15H2,1-2H3. The maximum Gasteiger partial charge on any atom is 0.270 e. The summed E-state index contributed by atoms with van der Waals surface area (Å²) >= 11 is 0. The third-order valence-electron chi connectivity index (χ3n) is 3.95. The zero-order valence-electron chi connectivity index (χ0n) is 11.3. The van der Waals surface area contributed by atoms with Gasteiger partial charge in [-0.05, 0) is 44.7 Å². The number of carbonyl (C=O) groups is 1. The summed E-state index contributed by atoms with van der Waals surface area (Å²) < 4.78 is 1.89. The number of amides is 1. The van der Waals surface area contributed by atoms with Crippen molar-refractivity contribution in [2.24, 2.45) is 12.8 Å². The average molecular weight is 249 g/mol. The first-order chi connectivity index (χ1) is 8.63. The van der Waals surface area contributed by atoms with Crippen LogP contribution in [0.4, 0.5) is 0 Å². The predicted octanol–water partition coefficient (Wildman–Crippen LogP) is 1.76. The van der Waals surface area contributed by atoms with Crippen molar-refractivity contribution in [1.29, 1.82) is 0 Å². The highest BCUT2D eigenvalue weighted by atomic mass is 16.2. The Hall–Kier alpha value is -1.29. The van der Waals surface area contributed by atoms with E-state index >= 15 is 0 Å². The smallest absolute Gasteiger partial charge is 0.270 e. The largest absolute Gasteiger partial charge is 0.347 e. The summed E-state index contributed by atoms with van der Waals surface area (Å²) in [5.41, 5.74) is 6.70. The van der Waals surface area contributed by atoms with Gasteiger partial charge in [-0.2, -0.15) is 0 Å². The lowest BCUT2D eigenvalue weighted by molar-refractivity contribution is 0.0631. The molecule has 1 aliphatic carbocycles. The van der Waals surface area contributed by atoms with Crippen LogP contribution in [-0.2, 0) is 7.05 Å². The third-order valence-corrected chi connectivity index (χ3v) is 3.95. The van der Waals surface area contributed by atoms with E-state index in [2.05, 4.69) is 6.92 Å². The molecule has 2 N–H and O–H groups in total. The third kappa shape index (κ3) is 2.58. The molecule has 1 fully saturated rings. The van der Waals surface area contributed by atoms with E-state index in [0.29, 0.717) is 12.1 Å². The monoisotopic (exact) mass is 249 g/mol. The van der Waals surface area contributed by atoms with E-state index in [4.69, 9.17) is 5.73 Å². The molecule has 1 aromatic rings. The van der Waals surface area contributed by atoms with Crippen LogP contribution in [0.25, 0.3) is 0 Å². The molecule has 0 bridgehead atoms. The minimum absolute atomic E-state index is 0.144. The van der Waals surface area contributed by atoms with Gasteiger partial charge in [-0.1, -0.05) is 0 Å². The van der Waals surface area contributed by atoms with Gasteiger partial charge in [0.25, 0.3) is 5.91 Å². The number of hydrogen-bond acceptors (Lipinski definition) is 2. The molecule has 1 amide bonds. The Bertz CT molecular complexity index is 405. The number of hydrogen-bond donors (Lipinski definition) is 1. The summed E-state index contributed by atoms with van der Waals surface area (Å²) in [6.45, 7) is 2.82. The van der Waals surface area contributed by atoms with Gasteiger partial charge in [-0.3, -0.25) is 4.79 Å². The van der Waals surface area contributed by atoms with Crippen LogP contribution in [0.5, 0.6) is 0 Å². The van der Waals surface area contributed by atoms with Crippen molar-refractivity contribution in [2.75, 3.05) is 6.54 Å². The Balaban J connectivity index is 2.09. The van der Waals surface area contributed by atoms with E-state index in [1.165, 1.54) is 0 Å². The van der Waals surface area contributed by atoms with Crippen molar-refractivity contribution in [3.63, 3.8) is 0 Å². The molecule has 100 valence electrons. The lowest BCUT2D eigenvalue weighted by atomic mass is 9.90. The van der Waals surface area contributed by atoms with Crippen LogP contribution >= 0.6 is 0 Å². The van der Waals surface area contributed by atoms with E-state index < -0.39 is 0 Å². The molecule has 18 heavy (non-hydrogen) atoms. The molecule has 4 heteroatoms. The minimum Gasteiger partial charge on any atom is -0.347 e. The van der Waals surface area contributed by atoms with Crippen molar-refractivity contribution in [3.05, 3.63) is 24.0 Å². The number of nitrogens with zero attached hydrogens (tertiary/aromatic N) is 2. The topological polar surface area (TPSA) is 51.3 Å². The Labute approximate surface area is 109 Å². The maximum atomic E-state index is 12.5. The molecule has 1 heterocycles. The second-order valence-corrected chi connectivity index (χ2v) is 5.16. The Morgan fingerprint density at radius 3 is 2.61 bits per heavy atom. The Morgan fingerprint density at radius 1 is 1.44 bits per heavy atom. The van der Waals surface area contributed by atoms with Crippen molar-refractivity contribution in [2.45, 2.75) is 44.7 Å². The van der Waals surface area contributed by atoms with Gasteiger partial charge in [-0.15, -0.1) is 0 Å². The van der Waals surface area contributed by atoms with Gasteiger partial charge < -0.3 is 15.2 Å². The summed E-state index contributed by atoms with van der Waals surface area (Å²) in [6, 6.07) is 4.49. The van der Waals surface area contributed by atoms with Crippen molar-refractivity contribution in [3.8, 4) is 0 Å². The first-order valence-electron chi connectivity index (χ1n) is 6.81. The molecule has 1 aromatic heterocycles. The van der Waals surface area contributed by atoms with Gasteiger partial charge >= 0.3 is 0 Å². The number of aryl methyl sites for hydroxylation is 1. The molecule has 1 aliphatic rings. The molecule has 0 aliphatic heterocycles. The average Bonchev–Trinajstić information content (AvgIpc) is 2.78. The summed E-state index contributed by atoms with van der Waals surface area (Å²) in [4.78, 5) is 14.5. The van der Waals surface area contributed by atoms with Crippen molar-refractivity contribution in [1.82, 2.24) is 9.47 Å². The molecule has 0 unspecified atom stereocenters. The van der Waals surface area contributed by atoms with Crippen LogP contribution in [-0.4, -0.2) is 34.0 Å². The van der Waals surface area contributed by atoms with Crippen LogP contribution < -0.4 is 5.73 Å².